The maximum atomic E-state index is 2.41. The van der Waals surface area contributed by atoms with Crippen LogP contribution in [0, 0.1) is 34.6 Å². The molecule has 0 saturated heterocycles. The number of hydrogen-bond acceptors (Lipinski definition) is 0. The van der Waals surface area contributed by atoms with Gasteiger partial charge in [-0.2, -0.15) is 4.57 Å². The highest BCUT2D eigenvalue weighted by atomic mass is 15.0. The molecule has 0 amide bonds. The van der Waals surface area contributed by atoms with E-state index in [1.54, 1.807) is 0 Å². The summed E-state index contributed by atoms with van der Waals surface area (Å²) in [7, 11) is 4.40. The van der Waals surface area contributed by atoms with Crippen molar-refractivity contribution in [3.05, 3.63) is 154 Å². The smallest absolute Gasteiger partial charge is 0.204 e. The molecule has 0 aliphatic carbocycles. The van der Waals surface area contributed by atoms with Crippen LogP contribution >= 0.6 is 0 Å². The quantitative estimate of drug-likeness (QED) is 0.232. The van der Waals surface area contributed by atoms with Crippen molar-refractivity contribution in [2.24, 2.45) is 14.1 Å². The normalized spacial score (nSPS) is 12.8. The highest BCUT2D eigenvalue weighted by molar-refractivity contribution is 5.63. The van der Waals surface area contributed by atoms with Crippen molar-refractivity contribution in [3.8, 4) is 11.3 Å². The van der Waals surface area contributed by atoms with Crippen molar-refractivity contribution >= 4 is 0 Å². The number of aromatic nitrogens is 2. The number of aryl methyl sites for hydroxylation is 6. The predicted octanol–water partition coefficient (Wildman–Crippen LogP) is 6.93. The molecule has 0 saturated carbocycles. The number of rotatable bonds is 5. The monoisotopic (exact) mass is 498 g/mol. The molecule has 3 aromatic carbocycles. The Hall–Kier alpha value is -4.04. The zero-order chi connectivity index (χ0) is 27.0. The van der Waals surface area contributed by atoms with Crippen molar-refractivity contribution in [1.29, 1.82) is 0 Å². The molecule has 2 nitrogen and oxygen atoms in total. The lowest BCUT2D eigenvalue weighted by Crippen LogP contribution is -2.52. The molecule has 2 heteroatoms. The minimum absolute atomic E-state index is 0.540. The molecule has 1 atom stereocenters. The maximum Gasteiger partial charge on any atom is 0.212 e. The van der Waals surface area contributed by atoms with Gasteiger partial charge in [0.25, 0.3) is 0 Å². The van der Waals surface area contributed by atoms with E-state index in [0.717, 1.165) is 0 Å². The summed E-state index contributed by atoms with van der Waals surface area (Å²) in [5, 5.41) is 0. The van der Waals surface area contributed by atoms with Crippen molar-refractivity contribution in [2.75, 3.05) is 0 Å². The van der Waals surface area contributed by atoms with Crippen molar-refractivity contribution in [1.82, 2.24) is 0 Å². The second kappa shape index (κ2) is 10.0. The average Bonchev–Trinajstić information content (AvgIpc) is 2.90. The fraction of sp³-hybridized carbons (Fsp3) is 0.222. The first kappa shape index (κ1) is 25.6. The molecule has 190 valence electrons. The summed E-state index contributed by atoms with van der Waals surface area (Å²) in [6.45, 7) is 11.0. The van der Waals surface area contributed by atoms with Gasteiger partial charge in [0.1, 0.15) is 14.1 Å². The Kier molecular flexibility index (Phi) is 6.75. The molecule has 38 heavy (non-hydrogen) atoms. The molecule has 0 spiro atoms. The van der Waals surface area contributed by atoms with E-state index in [1.165, 1.54) is 61.6 Å². The number of benzene rings is 3. The summed E-state index contributed by atoms with van der Waals surface area (Å²) in [5.41, 5.74) is 13.3. The van der Waals surface area contributed by atoms with Gasteiger partial charge >= 0.3 is 0 Å². The Bertz CT molecular complexity index is 1580. The molecule has 0 radical (unpaired) electrons. The minimum atomic E-state index is -0.540. The van der Waals surface area contributed by atoms with E-state index in [1.807, 2.05) is 0 Å². The van der Waals surface area contributed by atoms with Crippen LogP contribution in [0.4, 0.5) is 0 Å². The molecule has 0 bridgehead atoms. The third kappa shape index (κ3) is 4.24. The van der Waals surface area contributed by atoms with Gasteiger partial charge in [0, 0.05) is 29.8 Å². The lowest BCUT2D eigenvalue weighted by molar-refractivity contribution is -0.691. The van der Waals surface area contributed by atoms with Gasteiger partial charge in [-0.05, 0) is 74.6 Å². The molecular weight excluding hydrogens is 460 g/mol. The minimum Gasteiger partial charge on any atom is -0.204 e. The number of hydrogen-bond donors (Lipinski definition) is 0. The fourth-order valence-corrected chi connectivity index (χ4v) is 6.07. The van der Waals surface area contributed by atoms with Gasteiger partial charge in [0.2, 0.25) is 17.1 Å². The Morgan fingerprint density at radius 3 is 1.97 bits per heavy atom. The third-order valence-corrected chi connectivity index (χ3v) is 7.97. The Balaban J connectivity index is 1.99. The van der Waals surface area contributed by atoms with Crippen molar-refractivity contribution in [3.63, 3.8) is 0 Å². The molecule has 0 aliphatic rings. The van der Waals surface area contributed by atoms with Gasteiger partial charge in [-0.1, -0.05) is 71.8 Å². The first-order valence-corrected chi connectivity index (χ1v) is 13.4. The van der Waals surface area contributed by atoms with Crippen molar-refractivity contribution < 1.29 is 9.13 Å². The van der Waals surface area contributed by atoms with E-state index >= 15 is 0 Å². The summed E-state index contributed by atoms with van der Waals surface area (Å²) >= 11 is 0. The van der Waals surface area contributed by atoms with Crippen LogP contribution in [0.3, 0.4) is 0 Å². The maximum absolute atomic E-state index is 2.41. The first-order valence-electron chi connectivity index (χ1n) is 13.4. The van der Waals surface area contributed by atoms with E-state index < -0.39 is 5.41 Å². The van der Waals surface area contributed by atoms with E-state index in [2.05, 4.69) is 161 Å². The molecule has 2 aromatic heterocycles. The lowest BCUT2D eigenvalue weighted by Gasteiger charge is -2.32. The molecule has 5 rings (SSSR count). The Morgan fingerprint density at radius 1 is 0.553 bits per heavy atom. The van der Waals surface area contributed by atoms with Gasteiger partial charge in [-0.3, -0.25) is 0 Å². The van der Waals surface area contributed by atoms with Crippen LogP contribution < -0.4 is 9.13 Å². The van der Waals surface area contributed by atoms with Gasteiger partial charge < -0.3 is 0 Å². The molecule has 0 aliphatic heterocycles. The topological polar surface area (TPSA) is 7.76 Å². The van der Waals surface area contributed by atoms with Crippen LogP contribution in [0.5, 0.6) is 0 Å². The van der Waals surface area contributed by atoms with Crippen LogP contribution in [0.1, 0.15) is 50.3 Å². The van der Waals surface area contributed by atoms with Crippen LogP contribution in [0.15, 0.2) is 103 Å². The third-order valence-electron chi connectivity index (χ3n) is 7.97. The number of nitrogens with zero attached hydrogens (tertiary/aromatic N) is 2. The molecule has 5 aromatic rings. The van der Waals surface area contributed by atoms with Crippen LogP contribution in [-0.2, 0) is 19.5 Å². The standard InChI is InChI=1S/C36H38N2/c1-25-17-19-31(29(5)22-25)33-14-11-15-34(38(33)7)36(30-12-9-8-10-13-30,32-23-26(2)16-18-28(32)4)35-24-27(3)20-21-37(35)6/h8-24H,1-7H3/q+2. The Morgan fingerprint density at radius 2 is 1.24 bits per heavy atom. The molecule has 2 heterocycles. The summed E-state index contributed by atoms with van der Waals surface area (Å²) < 4.78 is 4.71. The van der Waals surface area contributed by atoms with Gasteiger partial charge in [-0.15, -0.1) is 0 Å². The highest BCUT2D eigenvalue weighted by Crippen LogP contribution is 2.44. The highest BCUT2D eigenvalue weighted by Gasteiger charge is 2.51. The number of pyridine rings is 2. The molecule has 0 N–H and O–H groups in total. The summed E-state index contributed by atoms with van der Waals surface area (Å²) in [6.07, 6.45) is 2.20. The van der Waals surface area contributed by atoms with Crippen LogP contribution in [-0.4, -0.2) is 0 Å². The lowest BCUT2D eigenvalue weighted by atomic mass is 9.67. The first-order chi connectivity index (χ1) is 18.2. The van der Waals surface area contributed by atoms with E-state index in [4.69, 9.17) is 0 Å². The van der Waals surface area contributed by atoms with E-state index in [9.17, 15) is 0 Å². The van der Waals surface area contributed by atoms with E-state index in [-0.39, 0.29) is 0 Å². The molecule has 1 unspecified atom stereocenters. The predicted molar refractivity (Wildman–Crippen MR) is 156 cm³/mol. The zero-order valence-corrected chi connectivity index (χ0v) is 23.7. The molecule has 0 fully saturated rings. The van der Waals surface area contributed by atoms with Crippen molar-refractivity contribution in [2.45, 2.75) is 40.0 Å². The summed E-state index contributed by atoms with van der Waals surface area (Å²) in [6, 6.07) is 36.0. The van der Waals surface area contributed by atoms with E-state index in [0.29, 0.717) is 0 Å². The SMILES string of the molecule is Cc1ccc(-c2cccc(C(c3ccccc3)(c3cc(C)ccc3C)c3cc(C)cc[n+]3C)[n+]2C)c(C)c1. The molecular formula is C36H38N2+2. The zero-order valence-electron chi connectivity index (χ0n) is 23.7. The average molecular weight is 499 g/mol. The summed E-state index contributed by atoms with van der Waals surface area (Å²) in [4.78, 5) is 0. The second-order valence-electron chi connectivity index (χ2n) is 10.8. The second-order valence-corrected chi connectivity index (χ2v) is 10.8. The van der Waals surface area contributed by atoms with Gasteiger partial charge in [0.15, 0.2) is 11.6 Å². The fourth-order valence-electron chi connectivity index (χ4n) is 6.07. The van der Waals surface area contributed by atoms with Gasteiger partial charge in [0.05, 0.1) is 0 Å². The van der Waals surface area contributed by atoms with Gasteiger partial charge in [-0.25, -0.2) is 4.57 Å². The van der Waals surface area contributed by atoms with Crippen LogP contribution in [0.25, 0.3) is 11.3 Å². The largest absolute Gasteiger partial charge is 0.212 e. The Labute approximate surface area is 227 Å². The summed E-state index contributed by atoms with van der Waals surface area (Å²) in [5.74, 6) is 0. The van der Waals surface area contributed by atoms with Crippen LogP contribution in [0.2, 0.25) is 0 Å².